The fourth-order valence-corrected chi connectivity index (χ4v) is 3.06. The van der Waals surface area contributed by atoms with Gasteiger partial charge in [0.15, 0.2) is 0 Å². The van der Waals surface area contributed by atoms with Gasteiger partial charge in [-0.3, -0.25) is 4.68 Å². The molecule has 0 aliphatic carbocycles. The van der Waals surface area contributed by atoms with E-state index >= 15 is 0 Å². The van der Waals surface area contributed by atoms with Crippen LogP contribution >= 0.6 is 39.1 Å². The molecule has 1 aromatic carbocycles. The largest absolute Gasteiger partial charge is 0.382 e. The molecule has 1 atom stereocenters. The molecule has 3 nitrogen and oxygen atoms in total. The molecule has 1 aromatic heterocycles. The van der Waals surface area contributed by atoms with Crippen LogP contribution in [0.25, 0.3) is 0 Å². The maximum atomic E-state index is 10.5. The lowest BCUT2D eigenvalue weighted by atomic mass is 10.1. The van der Waals surface area contributed by atoms with Crippen molar-refractivity contribution in [3.05, 3.63) is 50.2 Å². The molecule has 0 amide bonds. The van der Waals surface area contributed by atoms with E-state index in [1.54, 1.807) is 23.0 Å². The molecule has 19 heavy (non-hydrogen) atoms. The van der Waals surface area contributed by atoms with Crippen molar-refractivity contribution in [3.8, 4) is 0 Å². The van der Waals surface area contributed by atoms with Crippen LogP contribution in [-0.4, -0.2) is 14.9 Å². The van der Waals surface area contributed by atoms with Gasteiger partial charge in [0.2, 0.25) is 0 Å². The molecule has 1 heterocycles. The highest BCUT2D eigenvalue weighted by Gasteiger charge is 2.20. The van der Waals surface area contributed by atoms with Crippen molar-refractivity contribution in [2.75, 3.05) is 0 Å². The summed E-state index contributed by atoms with van der Waals surface area (Å²) in [5.41, 5.74) is 1.27. The second-order valence-electron chi connectivity index (χ2n) is 4.21. The van der Waals surface area contributed by atoms with Gasteiger partial charge in [0.05, 0.1) is 16.9 Å². The summed E-state index contributed by atoms with van der Waals surface area (Å²) < 4.78 is 2.54. The van der Waals surface area contributed by atoms with E-state index < -0.39 is 6.10 Å². The van der Waals surface area contributed by atoms with Crippen molar-refractivity contribution in [2.24, 2.45) is 0 Å². The van der Waals surface area contributed by atoms with Gasteiger partial charge in [-0.25, -0.2) is 0 Å². The standard InChI is InChI=1S/C13H13BrCl2N2O/c1-2-3-18-12(11(16)7-17-18)13(19)8-4-9(14)6-10(15)5-8/h4-7,13,19H,2-3H2,1H3. The molecule has 0 fully saturated rings. The number of aromatic nitrogens is 2. The molecular formula is C13H13BrCl2N2O. The molecule has 6 heteroatoms. The van der Waals surface area contributed by atoms with Crippen molar-refractivity contribution in [2.45, 2.75) is 26.0 Å². The second-order valence-corrected chi connectivity index (χ2v) is 5.97. The molecule has 0 aliphatic rings. The first-order valence-electron chi connectivity index (χ1n) is 5.88. The number of halogens is 3. The minimum atomic E-state index is -0.850. The fraction of sp³-hybridized carbons (Fsp3) is 0.308. The van der Waals surface area contributed by atoms with Crippen molar-refractivity contribution in [3.63, 3.8) is 0 Å². The van der Waals surface area contributed by atoms with E-state index in [2.05, 4.69) is 21.0 Å². The number of aryl methyl sites for hydroxylation is 1. The summed E-state index contributed by atoms with van der Waals surface area (Å²) in [7, 11) is 0. The van der Waals surface area contributed by atoms with Gasteiger partial charge in [-0.1, -0.05) is 46.1 Å². The maximum absolute atomic E-state index is 10.5. The zero-order valence-corrected chi connectivity index (χ0v) is 13.4. The van der Waals surface area contributed by atoms with Crippen LogP contribution in [0, 0.1) is 0 Å². The predicted molar refractivity (Wildman–Crippen MR) is 80.7 cm³/mol. The van der Waals surface area contributed by atoms with E-state index in [0.717, 1.165) is 10.9 Å². The van der Waals surface area contributed by atoms with Gasteiger partial charge >= 0.3 is 0 Å². The number of rotatable bonds is 4. The Bertz CT molecular complexity index is 566. The van der Waals surface area contributed by atoms with Crippen LogP contribution in [0.4, 0.5) is 0 Å². The number of aliphatic hydroxyl groups excluding tert-OH is 1. The quantitative estimate of drug-likeness (QED) is 0.871. The Hall–Kier alpha value is -0.550. The summed E-state index contributed by atoms with van der Waals surface area (Å²) in [6, 6.07) is 5.30. The van der Waals surface area contributed by atoms with E-state index in [4.69, 9.17) is 23.2 Å². The first-order valence-corrected chi connectivity index (χ1v) is 7.43. The van der Waals surface area contributed by atoms with Gasteiger partial charge in [0, 0.05) is 16.0 Å². The van der Waals surface area contributed by atoms with Gasteiger partial charge in [0.1, 0.15) is 6.10 Å². The Morgan fingerprint density at radius 1 is 1.37 bits per heavy atom. The van der Waals surface area contributed by atoms with Crippen LogP contribution in [0.2, 0.25) is 10.0 Å². The third-order valence-corrected chi connectivity index (χ3v) is 3.70. The zero-order chi connectivity index (χ0) is 14.0. The summed E-state index contributed by atoms with van der Waals surface area (Å²) in [5.74, 6) is 0. The average Bonchev–Trinajstić information content (AvgIpc) is 2.69. The molecule has 1 N–H and O–H groups in total. The van der Waals surface area contributed by atoms with E-state index in [9.17, 15) is 5.11 Å². The molecule has 1 unspecified atom stereocenters. The van der Waals surface area contributed by atoms with E-state index in [1.165, 1.54) is 0 Å². The normalized spacial score (nSPS) is 12.7. The van der Waals surface area contributed by atoms with Gasteiger partial charge in [0.25, 0.3) is 0 Å². The van der Waals surface area contributed by atoms with Crippen LogP contribution in [0.5, 0.6) is 0 Å². The third-order valence-electron chi connectivity index (χ3n) is 2.73. The lowest BCUT2D eigenvalue weighted by Crippen LogP contribution is -2.10. The molecule has 2 aromatic rings. The number of hydrogen-bond acceptors (Lipinski definition) is 2. The van der Waals surface area contributed by atoms with Crippen LogP contribution < -0.4 is 0 Å². The highest BCUT2D eigenvalue weighted by atomic mass is 79.9. The minimum absolute atomic E-state index is 0.456. The average molecular weight is 364 g/mol. The van der Waals surface area contributed by atoms with Gasteiger partial charge in [-0.2, -0.15) is 5.10 Å². The Morgan fingerprint density at radius 2 is 2.11 bits per heavy atom. The zero-order valence-electron chi connectivity index (χ0n) is 10.3. The molecule has 0 saturated heterocycles. The molecular weight excluding hydrogens is 351 g/mol. The fourth-order valence-electron chi connectivity index (χ4n) is 1.92. The topological polar surface area (TPSA) is 38.0 Å². The lowest BCUT2D eigenvalue weighted by molar-refractivity contribution is 0.207. The summed E-state index contributed by atoms with van der Waals surface area (Å²) in [6.45, 7) is 2.75. The van der Waals surface area contributed by atoms with Crippen molar-refractivity contribution >= 4 is 39.1 Å². The highest BCUT2D eigenvalue weighted by Crippen LogP contribution is 2.31. The number of nitrogens with zero attached hydrogens (tertiary/aromatic N) is 2. The Kier molecular flexibility index (Phi) is 4.90. The second kappa shape index (κ2) is 6.27. The van der Waals surface area contributed by atoms with E-state index in [-0.39, 0.29) is 0 Å². The van der Waals surface area contributed by atoms with Crippen molar-refractivity contribution in [1.29, 1.82) is 0 Å². The molecule has 102 valence electrons. The molecule has 0 spiro atoms. The first-order chi connectivity index (χ1) is 9.02. The Labute approximate surface area is 130 Å². The maximum Gasteiger partial charge on any atom is 0.122 e. The Balaban J connectivity index is 2.43. The molecule has 0 saturated carbocycles. The highest BCUT2D eigenvalue weighted by molar-refractivity contribution is 9.10. The van der Waals surface area contributed by atoms with Crippen LogP contribution in [0.3, 0.4) is 0 Å². The summed E-state index contributed by atoms with van der Waals surface area (Å²) in [6.07, 6.45) is 1.61. The number of aliphatic hydroxyl groups is 1. The minimum Gasteiger partial charge on any atom is -0.382 e. The van der Waals surface area contributed by atoms with Gasteiger partial charge in [-0.05, 0) is 30.2 Å². The molecule has 0 bridgehead atoms. The smallest absolute Gasteiger partial charge is 0.122 e. The van der Waals surface area contributed by atoms with Crippen LogP contribution in [0.1, 0.15) is 30.7 Å². The van der Waals surface area contributed by atoms with Gasteiger partial charge < -0.3 is 5.11 Å². The van der Waals surface area contributed by atoms with Gasteiger partial charge in [-0.15, -0.1) is 0 Å². The van der Waals surface area contributed by atoms with Crippen molar-refractivity contribution in [1.82, 2.24) is 9.78 Å². The first kappa shape index (κ1) is 14.9. The van der Waals surface area contributed by atoms with Crippen LogP contribution in [0.15, 0.2) is 28.9 Å². The van der Waals surface area contributed by atoms with Crippen molar-refractivity contribution < 1.29 is 5.11 Å². The third kappa shape index (κ3) is 3.31. The van der Waals surface area contributed by atoms with E-state index in [0.29, 0.717) is 27.8 Å². The molecule has 2 rings (SSSR count). The number of benzene rings is 1. The monoisotopic (exact) mass is 362 g/mol. The summed E-state index contributed by atoms with van der Waals surface area (Å²) >= 11 is 15.5. The molecule has 0 radical (unpaired) electrons. The Morgan fingerprint density at radius 3 is 2.74 bits per heavy atom. The van der Waals surface area contributed by atoms with Crippen LogP contribution in [-0.2, 0) is 6.54 Å². The SMILES string of the molecule is CCCn1ncc(Cl)c1C(O)c1cc(Cl)cc(Br)c1. The molecule has 0 aliphatic heterocycles. The summed E-state index contributed by atoms with van der Waals surface area (Å²) in [4.78, 5) is 0. The summed E-state index contributed by atoms with van der Waals surface area (Å²) in [5, 5.41) is 15.7. The number of hydrogen-bond donors (Lipinski definition) is 1. The van der Waals surface area contributed by atoms with E-state index in [1.807, 2.05) is 13.0 Å². The predicted octanol–water partition coefficient (Wildman–Crippen LogP) is 4.44. The lowest BCUT2D eigenvalue weighted by Gasteiger charge is -2.15.